The number of hydrogen-bond acceptors (Lipinski definition) is 3. The van der Waals surface area contributed by atoms with Gasteiger partial charge in [-0.2, -0.15) is 0 Å². The first-order valence-corrected chi connectivity index (χ1v) is 4.39. The van der Waals surface area contributed by atoms with E-state index in [1.165, 1.54) is 0 Å². The molecule has 0 heterocycles. The molecule has 5 nitrogen and oxygen atoms in total. The normalized spacial score (nSPS) is 9.69. The van der Waals surface area contributed by atoms with Crippen LogP contribution in [0.2, 0.25) is 0 Å². The Bertz CT molecular complexity index is 131. The molecule has 0 aliphatic rings. The highest BCUT2D eigenvalue weighted by Gasteiger charge is 1.96. The molecule has 13 heavy (non-hydrogen) atoms. The molecule has 0 atom stereocenters. The highest BCUT2D eigenvalue weighted by molar-refractivity contribution is 5.73. The topological polar surface area (TPSA) is 59.6 Å². The monoisotopic (exact) mass is 190 g/mol. The summed E-state index contributed by atoms with van der Waals surface area (Å²) in [6, 6.07) is -0.184. The zero-order valence-electron chi connectivity index (χ0n) is 8.26. The predicted octanol–water partition coefficient (Wildman–Crippen LogP) is -0.0315. The van der Waals surface area contributed by atoms with Gasteiger partial charge in [0.1, 0.15) is 0 Å². The van der Waals surface area contributed by atoms with Crippen molar-refractivity contribution < 1.29 is 14.3 Å². The Morgan fingerprint density at radius 1 is 1.23 bits per heavy atom. The fourth-order valence-electron chi connectivity index (χ4n) is 0.710. The van der Waals surface area contributed by atoms with E-state index in [1.807, 2.05) is 6.92 Å². The van der Waals surface area contributed by atoms with Crippen molar-refractivity contribution >= 4 is 6.03 Å². The smallest absolute Gasteiger partial charge is 0.314 e. The highest BCUT2D eigenvalue weighted by Crippen LogP contribution is 1.71. The van der Waals surface area contributed by atoms with E-state index in [2.05, 4.69) is 10.6 Å². The van der Waals surface area contributed by atoms with Crippen LogP contribution in [-0.4, -0.2) is 46.1 Å². The molecule has 0 unspecified atom stereocenters. The van der Waals surface area contributed by atoms with Crippen molar-refractivity contribution in [3.8, 4) is 0 Å². The van der Waals surface area contributed by atoms with E-state index in [0.29, 0.717) is 32.9 Å². The molecular weight excluding hydrogens is 172 g/mol. The van der Waals surface area contributed by atoms with Crippen molar-refractivity contribution in [3.63, 3.8) is 0 Å². The Balaban J connectivity index is 3.11. The molecule has 0 rings (SSSR count). The Morgan fingerprint density at radius 2 is 1.85 bits per heavy atom. The molecule has 0 saturated carbocycles. The third-order valence-electron chi connectivity index (χ3n) is 1.33. The predicted molar refractivity (Wildman–Crippen MR) is 49.8 cm³/mol. The van der Waals surface area contributed by atoms with Crippen LogP contribution in [0.5, 0.6) is 0 Å². The Hall–Kier alpha value is -0.810. The third-order valence-corrected chi connectivity index (χ3v) is 1.33. The summed E-state index contributed by atoms with van der Waals surface area (Å²) in [5.41, 5.74) is 0. The number of urea groups is 1. The second kappa shape index (κ2) is 9.28. The summed E-state index contributed by atoms with van der Waals surface area (Å²) in [7, 11) is 1.59. The third kappa shape index (κ3) is 9.10. The Labute approximate surface area is 78.8 Å². The molecule has 0 fully saturated rings. The molecule has 0 saturated heterocycles. The summed E-state index contributed by atoms with van der Waals surface area (Å²) < 4.78 is 9.81. The lowest BCUT2D eigenvalue weighted by molar-refractivity contribution is 0.149. The number of rotatable bonds is 7. The molecule has 78 valence electrons. The molecule has 5 heteroatoms. The zero-order chi connectivity index (χ0) is 9.94. The van der Waals surface area contributed by atoms with Gasteiger partial charge >= 0.3 is 6.03 Å². The average Bonchev–Trinajstić information content (AvgIpc) is 2.13. The molecule has 0 aromatic heterocycles. The fraction of sp³-hybridized carbons (Fsp3) is 0.875. The first-order chi connectivity index (χ1) is 6.31. The summed E-state index contributed by atoms with van der Waals surface area (Å²) in [5.74, 6) is 0. The molecule has 0 radical (unpaired) electrons. The summed E-state index contributed by atoms with van der Waals surface area (Å²) in [6.07, 6.45) is 0. The summed E-state index contributed by atoms with van der Waals surface area (Å²) in [4.78, 5) is 10.9. The minimum absolute atomic E-state index is 0.184. The summed E-state index contributed by atoms with van der Waals surface area (Å²) in [5, 5.41) is 5.28. The van der Waals surface area contributed by atoms with Gasteiger partial charge in [-0.3, -0.25) is 0 Å². The minimum Gasteiger partial charge on any atom is -0.383 e. The van der Waals surface area contributed by atoms with E-state index in [9.17, 15) is 4.79 Å². The van der Waals surface area contributed by atoms with E-state index >= 15 is 0 Å². The van der Waals surface area contributed by atoms with Crippen molar-refractivity contribution in [3.05, 3.63) is 0 Å². The minimum atomic E-state index is -0.184. The largest absolute Gasteiger partial charge is 0.383 e. The van der Waals surface area contributed by atoms with Gasteiger partial charge in [0.05, 0.1) is 13.2 Å². The lowest BCUT2D eigenvalue weighted by Crippen LogP contribution is -2.38. The van der Waals surface area contributed by atoms with Crippen LogP contribution in [-0.2, 0) is 9.47 Å². The van der Waals surface area contributed by atoms with Gasteiger partial charge in [-0.1, -0.05) is 0 Å². The number of carbonyl (C=O) groups is 1. The van der Waals surface area contributed by atoms with E-state index in [4.69, 9.17) is 9.47 Å². The fourth-order valence-corrected chi connectivity index (χ4v) is 0.710. The second-order valence-electron chi connectivity index (χ2n) is 2.37. The van der Waals surface area contributed by atoms with E-state index < -0.39 is 0 Å². The first kappa shape index (κ1) is 12.2. The van der Waals surface area contributed by atoms with Crippen molar-refractivity contribution in [2.24, 2.45) is 0 Å². The number of nitrogens with one attached hydrogen (secondary N) is 2. The van der Waals surface area contributed by atoms with E-state index in [1.54, 1.807) is 7.11 Å². The summed E-state index contributed by atoms with van der Waals surface area (Å²) in [6.45, 7) is 4.72. The van der Waals surface area contributed by atoms with E-state index in [0.717, 1.165) is 0 Å². The second-order valence-corrected chi connectivity index (χ2v) is 2.37. The van der Waals surface area contributed by atoms with Gasteiger partial charge in [-0.25, -0.2) is 4.79 Å². The van der Waals surface area contributed by atoms with Crippen LogP contribution in [0, 0.1) is 0 Å². The molecule has 0 aliphatic heterocycles. The molecule has 0 bridgehead atoms. The molecule has 0 spiro atoms. The lowest BCUT2D eigenvalue weighted by Gasteiger charge is -2.06. The van der Waals surface area contributed by atoms with Crippen LogP contribution < -0.4 is 10.6 Å². The molecular formula is C8H18N2O3. The van der Waals surface area contributed by atoms with Crippen molar-refractivity contribution in [1.29, 1.82) is 0 Å². The molecule has 2 N–H and O–H groups in total. The van der Waals surface area contributed by atoms with Crippen molar-refractivity contribution in [2.75, 3.05) is 40.0 Å². The van der Waals surface area contributed by atoms with Crippen LogP contribution in [0.25, 0.3) is 0 Å². The number of amides is 2. The highest BCUT2D eigenvalue weighted by atomic mass is 16.5. The van der Waals surface area contributed by atoms with Crippen LogP contribution in [0.15, 0.2) is 0 Å². The van der Waals surface area contributed by atoms with Gasteiger partial charge in [-0.15, -0.1) is 0 Å². The molecule has 0 aliphatic carbocycles. The van der Waals surface area contributed by atoms with Gasteiger partial charge in [-0.05, 0) is 6.92 Å². The maximum Gasteiger partial charge on any atom is 0.314 e. The number of ether oxygens (including phenoxy) is 2. The number of carbonyl (C=O) groups excluding carboxylic acids is 1. The Kier molecular flexibility index (Phi) is 8.70. The number of hydrogen-bond donors (Lipinski definition) is 2. The van der Waals surface area contributed by atoms with Gasteiger partial charge in [0, 0.05) is 26.8 Å². The average molecular weight is 190 g/mol. The van der Waals surface area contributed by atoms with Gasteiger partial charge in [0.25, 0.3) is 0 Å². The molecule has 2 amide bonds. The van der Waals surface area contributed by atoms with Gasteiger partial charge < -0.3 is 20.1 Å². The molecule has 0 aromatic carbocycles. The van der Waals surface area contributed by atoms with Gasteiger partial charge in [0.2, 0.25) is 0 Å². The zero-order valence-corrected chi connectivity index (χ0v) is 8.26. The molecule has 0 aromatic rings. The standard InChI is InChI=1S/C8H18N2O3/c1-3-13-7-5-10-8(11)9-4-6-12-2/h3-7H2,1-2H3,(H2,9,10,11). The first-order valence-electron chi connectivity index (χ1n) is 4.39. The SMILES string of the molecule is CCOCCNC(=O)NCCOC. The number of methoxy groups -OCH3 is 1. The van der Waals surface area contributed by atoms with Gasteiger partial charge in [0.15, 0.2) is 0 Å². The lowest BCUT2D eigenvalue weighted by atomic mass is 10.6. The Morgan fingerprint density at radius 3 is 2.38 bits per heavy atom. The van der Waals surface area contributed by atoms with Crippen molar-refractivity contribution in [2.45, 2.75) is 6.92 Å². The summed E-state index contributed by atoms with van der Waals surface area (Å²) >= 11 is 0. The van der Waals surface area contributed by atoms with Crippen LogP contribution >= 0.6 is 0 Å². The van der Waals surface area contributed by atoms with Crippen LogP contribution in [0.1, 0.15) is 6.92 Å². The van der Waals surface area contributed by atoms with Crippen LogP contribution in [0.4, 0.5) is 4.79 Å². The quantitative estimate of drug-likeness (QED) is 0.554. The van der Waals surface area contributed by atoms with Crippen LogP contribution in [0.3, 0.4) is 0 Å². The van der Waals surface area contributed by atoms with E-state index in [-0.39, 0.29) is 6.03 Å². The van der Waals surface area contributed by atoms with Crippen molar-refractivity contribution in [1.82, 2.24) is 10.6 Å². The maximum atomic E-state index is 10.9. The maximum absolute atomic E-state index is 10.9.